The lowest BCUT2D eigenvalue weighted by atomic mass is 9.96. The number of ether oxygens (including phenoxy) is 1. The van der Waals surface area contributed by atoms with E-state index in [2.05, 4.69) is 18.6 Å². The minimum Gasteiger partial charge on any atom is -0.461 e. The van der Waals surface area contributed by atoms with Crippen LogP contribution in [-0.2, 0) is 37.4 Å². The average molecular weight is 432 g/mol. The summed E-state index contributed by atoms with van der Waals surface area (Å²) in [7, 11) is -3.94. The summed E-state index contributed by atoms with van der Waals surface area (Å²) in [6, 6.07) is 16.7. The van der Waals surface area contributed by atoms with Gasteiger partial charge in [0.2, 0.25) is 15.9 Å². The van der Waals surface area contributed by atoms with Crippen LogP contribution in [0.25, 0.3) is 0 Å². The van der Waals surface area contributed by atoms with Crippen LogP contribution in [-0.4, -0.2) is 26.0 Å². The maximum atomic E-state index is 12.4. The summed E-state index contributed by atoms with van der Waals surface area (Å²) in [5, 5.41) is 0. The predicted octanol–water partition coefficient (Wildman–Crippen LogP) is 3.57. The van der Waals surface area contributed by atoms with Crippen LogP contribution in [0.15, 0.2) is 54.6 Å². The molecule has 0 aliphatic rings. The number of amides is 1. The summed E-state index contributed by atoms with van der Waals surface area (Å²) in [5.74, 6) is -1.86. The predicted molar refractivity (Wildman–Crippen MR) is 116 cm³/mol. The van der Waals surface area contributed by atoms with Crippen LogP contribution in [0.3, 0.4) is 0 Å². The molecule has 7 heteroatoms. The molecule has 1 N–H and O–H groups in total. The minimum atomic E-state index is -3.94. The van der Waals surface area contributed by atoms with Crippen LogP contribution >= 0.6 is 0 Å². The third-order valence-electron chi connectivity index (χ3n) is 4.59. The van der Waals surface area contributed by atoms with Gasteiger partial charge >= 0.3 is 5.97 Å². The van der Waals surface area contributed by atoms with Crippen molar-refractivity contribution in [3.05, 3.63) is 71.3 Å². The fourth-order valence-corrected chi connectivity index (χ4v) is 3.91. The molecule has 0 unspecified atom stereocenters. The number of hydrogen-bond acceptors (Lipinski definition) is 5. The van der Waals surface area contributed by atoms with E-state index < -0.39 is 33.6 Å². The molecule has 0 aromatic heterocycles. The van der Waals surface area contributed by atoms with E-state index in [-0.39, 0.29) is 13.0 Å². The summed E-state index contributed by atoms with van der Waals surface area (Å²) in [5.41, 5.74) is 2.72. The molecule has 162 valence electrons. The van der Waals surface area contributed by atoms with Crippen molar-refractivity contribution >= 4 is 21.9 Å². The molecule has 2 rings (SSSR count). The van der Waals surface area contributed by atoms with Crippen molar-refractivity contribution < 1.29 is 22.7 Å². The number of carbonyl (C=O) groups excluding carboxylic acids is 2. The van der Waals surface area contributed by atoms with Crippen LogP contribution in [0.5, 0.6) is 0 Å². The van der Waals surface area contributed by atoms with E-state index in [0.29, 0.717) is 5.92 Å². The summed E-state index contributed by atoms with van der Waals surface area (Å²) >= 11 is 0. The minimum absolute atomic E-state index is 0.0793. The number of rotatable bonds is 10. The lowest BCUT2D eigenvalue weighted by Crippen LogP contribution is -2.36. The highest BCUT2D eigenvalue weighted by Gasteiger charge is 2.22. The van der Waals surface area contributed by atoms with Gasteiger partial charge in [-0.3, -0.25) is 14.3 Å². The molecule has 0 heterocycles. The topological polar surface area (TPSA) is 89.5 Å². The maximum Gasteiger partial charge on any atom is 0.307 e. The maximum absolute atomic E-state index is 12.4. The molecule has 0 bridgehead atoms. The third-order valence-corrected chi connectivity index (χ3v) is 5.84. The molecule has 0 aliphatic carbocycles. The summed E-state index contributed by atoms with van der Waals surface area (Å²) in [4.78, 5) is 24.2. The SMILES string of the molecule is CC(C)Cc1ccc([C@@H](C)C(=O)NS(=O)(=O)CCC(=O)OCc2ccccc2)cc1. The second-order valence-corrected chi connectivity index (χ2v) is 9.58. The van der Waals surface area contributed by atoms with Gasteiger partial charge in [0.25, 0.3) is 0 Å². The van der Waals surface area contributed by atoms with Crippen molar-refractivity contribution in [2.24, 2.45) is 5.92 Å². The molecular formula is C23H29NO5S. The highest BCUT2D eigenvalue weighted by molar-refractivity contribution is 7.90. The molecule has 0 aliphatic heterocycles. The van der Waals surface area contributed by atoms with Crippen LogP contribution in [0.2, 0.25) is 0 Å². The van der Waals surface area contributed by atoms with E-state index in [1.165, 1.54) is 5.56 Å². The zero-order chi connectivity index (χ0) is 22.1. The molecule has 0 saturated heterocycles. The number of benzene rings is 2. The quantitative estimate of drug-likeness (QED) is 0.581. The van der Waals surface area contributed by atoms with E-state index >= 15 is 0 Å². The Bertz CT molecular complexity index is 937. The van der Waals surface area contributed by atoms with Gasteiger partial charge in [-0.05, 0) is 36.0 Å². The number of carbonyl (C=O) groups is 2. The summed E-state index contributed by atoms with van der Waals surface area (Å²) in [6.07, 6.45) is 0.614. The number of sulfonamides is 1. The van der Waals surface area contributed by atoms with Crippen molar-refractivity contribution in [1.82, 2.24) is 4.72 Å². The first-order chi connectivity index (χ1) is 14.2. The van der Waals surface area contributed by atoms with Gasteiger partial charge in [-0.25, -0.2) is 8.42 Å². The summed E-state index contributed by atoms with van der Waals surface area (Å²) < 4.78 is 31.5. The van der Waals surface area contributed by atoms with Crippen molar-refractivity contribution in [3.63, 3.8) is 0 Å². The normalized spacial score (nSPS) is 12.4. The molecule has 0 radical (unpaired) electrons. The molecular weight excluding hydrogens is 402 g/mol. The molecule has 1 atom stereocenters. The Morgan fingerprint density at radius 2 is 1.57 bits per heavy atom. The van der Waals surface area contributed by atoms with Crippen LogP contribution < -0.4 is 4.72 Å². The van der Waals surface area contributed by atoms with Crippen molar-refractivity contribution in [1.29, 1.82) is 0 Å². The third kappa shape index (κ3) is 7.99. The van der Waals surface area contributed by atoms with E-state index in [0.717, 1.165) is 17.5 Å². The first kappa shape index (κ1) is 23.6. The van der Waals surface area contributed by atoms with Gasteiger partial charge in [0.05, 0.1) is 18.1 Å². The number of hydrogen-bond donors (Lipinski definition) is 1. The number of nitrogens with one attached hydrogen (secondary N) is 1. The zero-order valence-electron chi connectivity index (χ0n) is 17.6. The molecule has 6 nitrogen and oxygen atoms in total. The first-order valence-corrected chi connectivity index (χ1v) is 11.6. The highest BCUT2D eigenvalue weighted by Crippen LogP contribution is 2.18. The Morgan fingerprint density at radius 3 is 2.17 bits per heavy atom. The van der Waals surface area contributed by atoms with Crippen LogP contribution in [0.1, 0.15) is 49.8 Å². The molecule has 30 heavy (non-hydrogen) atoms. The molecule has 0 saturated carbocycles. The Balaban J connectivity index is 1.83. The van der Waals surface area contributed by atoms with Crippen molar-refractivity contribution in [3.8, 4) is 0 Å². The fourth-order valence-electron chi connectivity index (χ4n) is 2.89. The van der Waals surface area contributed by atoms with Gasteiger partial charge in [-0.1, -0.05) is 68.4 Å². The molecule has 2 aromatic rings. The Hall–Kier alpha value is -2.67. The second kappa shape index (κ2) is 10.9. The number of esters is 1. The van der Waals surface area contributed by atoms with Crippen molar-refractivity contribution in [2.45, 2.75) is 46.1 Å². The fraction of sp³-hybridized carbons (Fsp3) is 0.391. The van der Waals surface area contributed by atoms with Crippen LogP contribution in [0.4, 0.5) is 0 Å². The monoisotopic (exact) mass is 431 g/mol. The van der Waals surface area contributed by atoms with E-state index in [9.17, 15) is 18.0 Å². The second-order valence-electron chi connectivity index (χ2n) is 7.74. The van der Waals surface area contributed by atoms with E-state index in [1.54, 1.807) is 19.1 Å². The zero-order valence-corrected chi connectivity index (χ0v) is 18.4. The van der Waals surface area contributed by atoms with Gasteiger partial charge in [-0.15, -0.1) is 0 Å². The van der Waals surface area contributed by atoms with Gasteiger partial charge in [-0.2, -0.15) is 0 Å². The van der Waals surface area contributed by atoms with E-state index in [4.69, 9.17) is 4.74 Å². The van der Waals surface area contributed by atoms with Crippen LogP contribution in [0, 0.1) is 5.92 Å². The van der Waals surface area contributed by atoms with Gasteiger partial charge in [0.1, 0.15) is 6.61 Å². The molecule has 0 spiro atoms. The summed E-state index contributed by atoms with van der Waals surface area (Å²) in [6.45, 7) is 5.99. The largest absolute Gasteiger partial charge is 0.461 e. The van der Waals surface area contributed by atoms with Gasteiger partial charge < -0.3 is 4.74 Å². The lowest BCUT2D eigenvalue weighted by molar-refractivity contribution is -0.144. The standard InChI is InChI=1S/C23H29NO5S/c1-17(2)15-19-9-11-21(12-10-19)18(3)23(26)24-30(27,28)14-13-22(25)29-16-20-7-5-4-6-8-20/h4-12,17-18H,13-16H2,1-3H3,(H,24,26)/t18-/m1/s1. The molecule has 2 aromatic carbocycles. The Morgan fingerprint density at radius 1 is 0.933 bits per heavy atom. The van der Waals surface area contributed by atoms with E-state index in [1.807, 2.05) is 42.5 Å². The Kier molecular flexibility index (Phi) is 8.59. The molecule has 1 amide bonds. The average Bonchev–Trinajstić information content (AvgIpc) is 2.71. The highest BCUT2D eigenvalue weighted by atomic mass is 32.2. The van der Waals surface area contributed by atoms with Crippen molar-refractivity contribution in [2.75, 3.05) is 5.75 Å². The molecule has 0 fully saturated rings. The smallest absolute Gasteiger partial charge is 0.307 e. The Labute approximate surface area is 178 Å². The van der Waals surface area contributed by atoms with Gasteiger partial charge in [0, 0.05) is 0 Å². The first-order valence-electron chi connectivity index (χ1n) is 9.99. The lowest BCUT2D eigenvalue weighted by Gasteiger charge is -2.14. The van der Waals surface area contributed by atoms with Gasteiger partial charge in [0.15, 0.2) is 0 Å².